The summed E-state index contributed by atoms with van der Waals surface area (Å²) in [5.41, 5.74) is 2.64. The van der Waals surface area contributed by atoms with Crippen LogP contribution >= 0.6 is 47.3 Å². The summed E-state index contributed by atoms with van der Waals surface area (Å²) in [5.74, 6) is 0.738. The number of carbonyl (C=O) groups excluding carboxylic acids is 2. The van der Waals surface area contributed by atoms with Crippen LogP contribution in [0.4, 0.5) is 11.4 Å². The fourth-order valence-corrected chi connectivity index (χ4v) is 6.89. The predicted octanol–water partition coefficient (Wildman–Crippen LogP) is 7.94. The number of thiocarbonyl (C=S) groups is 1. The number of rotatable bonds is 8. The van der Waals surface area contributed by atoms with E-state index in [9.17, 15) is 9.59 Å². The number of unbranched alkanes of at least 4 members (excludes halogenated alkanes) is 2. The van der Waals surface area contributed by atoms with Gasteiger partial charge >= 0.3 is 0 Å². The Bertz CT molecular complexity index is 1420. The van der Waals surface area contributed by atoms with Crippen LogP contribution in [0.5, 0.6) is 5.75 Å². The number of halogens is 1. The van der Waals surface area contributed by atoms with Gasteiger partial charge in [-0.25, -0.2) is 0 Å². The second-order valence-electron chi connectivity index (χ2n) is 8.83. The van der Waals surface area contributed by atoms with Gasteiger partial charge in [-0.3, -0.25) is 19.4 Å². The molecule has 0 unspecified atom stereocenters. The number of nitrogens with zero attached hydrogens (tertiary/aromatic N) is 2. The van der Waals surface area contributed by atoms with E-state index in [0.717, 1.165) is 51.7 Å². The summed E-state index contributed by atoms with van der Waals surface area (Å²) in [6.07, 6.45) is 4.56. The molecule has 2 aliphatic rings. The summed E-state index contributed by atoms with van der Waals surface area (Å²) in [5, 5.41) is 0.603. The molecule has 0 radical (unpaired) electrons. The highest BCUT2D eigenvalue weighted by Crippen LogP contribution is 2.49. The van der Waals surface area contributed by atoms with E-state index in [1.165, 1.54) is 11.8 Å². The molecule has 2 heterocycles. The van der Waals surface area contributed by atoms with E-state index >= 15 is 0 Å². The van der Waals surface area contributed by atoms with Gasteiger partial charge in [0.25, 0.3) is 5.91 Å². The first-order valence-corrected chi connectivity index (χ1v) is 14.7. The van der Waals surface area contributed by atoms with E-state index in [0.29, 0.717) is 27.2 Å². The van der Waals surface area contributed by atoms with E-state index in [2.05, 4.69) is 0 Å². The number of anilines is 2. The smallest absolute Gasteiger partial charge is 0.266 e. The highest BCUT2D eigenvalue weighted by Gasteiger charge is 2.32. The van der Waals surface area contributed by atoms with Gasteiger partial charge in [-0.05, 0) is 66.9 Å². The summed E-state index contributed by atoms with van der Waals surface area (Å²) in [7, 11) is 1.62. The fraction of sp³-hybridized carbons (Fsp3) is 0.207. The minimum Gasteiger partial charge on any atom is -0.497 e. The van der Waals surface area contributed by atoms with Crippen LogP contribution in [0.15, 0.2) is 81.4 Å². The molecule has 38 heavy (non-hydrogen) atoms. The third-order valence-electron chi connectivity index (χ3n) is 6.30. The van der Waals surface area contributed by atoms with Crippen molar-refractivity contribution in [3.8, 4) is 5.75 Å². The van der Waals surface area contributed by atoms with Crippen molar-refractivity contribution in [1.29, 1.82) is 0 Å². The topological polar surface area (TPSA) is 49.9 Å². The number of benzene rings is 3. The van der Waals surface area contributed by atoms with Crippen molar-refractivity contribution in [2.75, 3.05) is 18.6 Å². The Hall–Kier alpha value is -2.78. The van der Waals surface area contributed by atoms with Crippen molar-refractivity contribution < 1.29 is 14.3 Å². The number of fused-ring (bicyclic) bond motifs is 2. The first-order valence-electron chi connectivity index (χ1n) is 12.2. The van der Waals surface area contributed by atoms with E-state index in [1.807, 2.05) is 72.8 Å². The Morgan fingerprint density at radius 3 is 2.53 bits per heavy atom. The summed E-state index contributed by atoms with van der Waals surface area (Å²) in [4.78, 5) is 32.5. The molecule has 0 atom stereocenters. The van der Waals surface area contributed by atoms with Gasteiger partial charge in [-0.2, -0.15) is 0 Å². The Morgan fingerprint density at radius 2 is 1.74 bits per heavy atom. The number of thioether (sulfide) groups is 1. The molecule has 2 aliphatic heterocycles. The van der Waals surface area contributed by atoms with Crippen molar-refractivity contribution in [3.63, 3.8) is 0 Å². The Balaban J connectivity index is 1.16. The number of hydrogen-bond donors (Lipinski definition) is 0. The molecule has 1 fully saturated rings. The Labute approximate surface area is 241 Å². The maximum atomic E-state index is 13.4. The minimum absolute atomic E-state index is 0.0364. The zero-order valence-corrected chi connectivity index (χ0v) is 23.9. The number of hydrogen-bond acceptors (Lipinski definition) is 6. The van der Waals surface area contributed by atoms with E-state index in [1.54, 1.807) is 28.7 Å². The summed E-state index contributed by atoms with van der Waals surface area (Å²) < 4.78 is 5.76. The summed E-state index contributed by atoms with van der Waals surface area (Å²) in [6.45, 7) is 0.542. The van der Waals surface area contributed by atoms with Crippen LogP contribution in [0, 0.1) is 0 Å². The van der Waals surface area contributed by atoms with Crippen LogP contribution in [0.2, 0.25) is 5.02 Å². The standard InChI is InChI=1S/C29H25ClN2O3S3/c1-35-21-13-10-19(11-14-21)17-26-28(34)31(29(36)38-26)16-6-2-3-9-27(33)32-22-7-4-5-8-24(22)37-25-15-12-20(30)18-23(25)32/h4-5,7-8,10-15,17-18H,2-3,6,9,16H2,1H3/b26-17-. The van der Waals surface area contributed by atoms with Crippen molar-refractivity contribution in [2.24, 2.45) is 0 Å². The summed E-state index contributed by atoms with van der Waals surface area (Å²) >= 11 is 14.7. The van der Waals surface area contributed by atoms with Crippen molar-refractivity contribution in [3.05, 3.63) is 82.2 Å². The van der Waals surface area contributed by atoms with Gasteiger partial charge in [0.05, 0.1) is 23.4 Å². The maximum Gasteiger partial charge on any atom is 0.266 e. The van der Waals surface area contributed by atoms with E-state index < -0.39 is 0 Å². The van der Waals surface area contributed by atoms with Gasteiger partial charge in [0, 0.05) is 27.8 Å². The zero-order valence-electron chi connectivity index (χ0n) is 20.7. The molecule has 1 saturated heterocycles. The Morgan fingerprint density at radius 1 is 0.974 bits per heavy atom. The quantitative estimate of drug-likeness (QED) is 0.153. The second-order valence-corrected chi connectivity index (χ2v) is 12.0. The van der Waals surface area contributed by atoms with Crippen LogP contribution < -0.4 is 9.64 Å². The van der Waals surface area contributed by atoms with Gasteiger partial charge in [0.2, 0.25) is 5.91 Å². The van der Waals surface area contributed by atoms with Crippen LogP contribution in [-0.4, -0.2) is 34.7 Å². The van der Waals surface area contributed by atoms with Gasteiger partial charge in [-0.15, -0.1) is 0 Å². The van der Waals surface area contributed by atoms with Gasteiger partial charge < -0.3 is 4.74 Å². The highest BCUT2D eigenvalue weighted by molar-refractivity contribution is 8.26. The van der Waals surface area contributed by atoms with Crippen LogP contribution in [0.3, 0.4) is 0 Å². The first kappa shape index (κ1) is 26.8. The molecule has 9 heteroatoms. The van der Waals surface area contributed by atoms with Gasteiger partial charge in [0.1, 0.15) is 10.1 Å². The number of amides is 2. The number of methoxy groups -OCH3 is 1. The largest absolute Gasteiger partial charge is 0.497 e. The lowest BCUT2D eigenvalue weighted by molar-refractivity contribution is -0.122. The molecule has 5 rings (SSSR count). The van der Waals surface area contributed by atoms with Gasteiger partial charge in [-0.1, -0.05) is 78.0 Å². The lowest BCUT2D eigenvalue weighted by Gasteiger charge is -2.31. The second kappa shape index (κ2) is 11.9. The van der Waals surface area contributed by atoms with Gasteiger partial charge in [0.15, 0.2) is 0 Å². The van der Waals surface area contributed by atoms with Crippen molar-refractivity contribution in [1.82, 2.24) is 4.90 Å². The zero-order chi connectivity index (χ0) is 26.6. The van der Waals surface area contributed by atoms with Crippen LogP contribution in [-0.2, 0) is 9.59 Å². The molecule has 3 aromatic carbocycles. The molecule has 5 nitrogen and oxygen atoms in total. The average Bonchev–Trinajstić information content (AvgIpc) is 3.19. The van der Waals surface area contributed by atoms with Crippen LogP contribution in [0.25, 0.3) is 6.08 Å². The van der Waals surface area contributed by atoms with E-state index in [-0.39, 0.29) is 11.8 Å². The van der Waals surface area contributed by atoms with Crippen molar-refractivity contribution >= 4 is 80.9 Å². The number of carbonyl (C=O) groups is 2. The molecule has 194 valence electrons. The molecule has 0 aliphatic carbocycles. The monoisotopic (exact) mass is 580 g/mol. The molecular weight excluding hydrogens is 556 g/mol. The minimum atomic E-state index is -0.0668. The Kier molecular flexibility index (Phi) is 8.43. The predicted molar refractivity (Wildman–Crippen MR) is 161 cm³/mol. The first-order chi connectivity index (χ1) is 18.4. The molecule has 2 amide bonds. The van der Waals surface area contributed by atoms with Crippen molar-refractivity contribution in [2.45, 2.75) is 35.5 Å². The lowest BCUT2D eigenvalue weighted by Crippen LogP contribution is -2.29. The average molecular weight is 581 g/mol. The molecule has 0 aromatic heterocycles. The lowest BCUT2D eigenvalue weighted by atomic mass is 10.1. The third-order valence-corrected chi connectivity index (χ3v) is 9.04. The molecule has 3 aromatic rings. The number of para-hydroxylation sites is 1. The number of ether oxygens (including phenoxy) is 1. The third kappa shape index (κ3) is 5.78. The van der Waals surface area contributed by atoms with E-state index in [4.69, 9.17) is 28.6 Å². The van der Waals surface area contributed by atoms with Crippen LogP contribution in [0.1, 0.15) is 31.2 Å². The highest BCUT2D eigenvalue weighted by atomic mass is 35.5. The molecule has 0 N–H and O–H groups in total. The molecule has 0 spiro atoms. The summed E-state index contributed by atoms with van der Waals surface area (Å²) in [6, 6.07) is 21.1. The molecule has 0 saturated carbocycles. The normalized spacial score (nSPS) is 15.6. The maximum absolute atomic E-state index is 13.4. The SMILES string of the molecule is COc1ccc(/C=C2\SC(=S)N(CCCCCC(=O)N3c4ccccc4Sc4ccc(Cl)cc43)C2=O)cc1. The molecule has 0 bridgehead atoms. The fourth-order valence-electron chi connectivity index (χ4n) is 4.38. The molecular formula is C29H25ClN2O3S3.